The van der Waals surface area contributed by atoms with Gasteiger partial charge in [-0.15, -0.1) is 34.4 Å². The summed E-state index contributed by atoms with van der Waals surface area (Å²) >= 11 is 10.4. The van der Waals surface area contributed by atoms with E-state index in [2.05, 4.69) is 4.99 Å². The molecule has 2 heterocycles. The van der Waals surface area contributed by atoms with E-state index >= 15 is 0 Å². The topological polar surface area (TPSA) is 34.4 Å². The second-order valence-corrected chi connectivity index (χ2v) is 7.16. The van der Waals surface area contributed by atoms with Gasteiger partial charge in [0.1, 0.15) is 0 Å². The van der Waals surface area contributed by atoms with Gasteiger partial charge < -0.3 is 4.57 Å². The lowest BCUT2D eigenvalue weighted by Crippen LogP contribution is -2.13. The molecule has 7 heteroatoms. The Kier molecular flexibility index (Phi) is 5.05. The van der Waals surface area contributed by atoms with Crippen LogP contribution in [-0.4, -0.2) is 16.2 Å². The van der Waals surface area contributed by atoms with E-state index in [1.807, 2.05) is 35.3 Å². The van der Waals surface area contributed by atoms with Gasteiger partial charge >= 0.3 is 0 Å². The summed E-state index contributed by atoms with van der Waals surface area (Å²) in [5, 5.41) is 1.91. The number of aromatic nitrogens is 1. The SMILES string of the molecule is Cn1ccsc1=NC(=O)CSCc1ccc(Cl)s1. The van der Waals surface area contributed by atoms with Crippen molar-refractivity contribution in [2.24, 2.45) is 12.0 Å². The molecule has 0 radical (unpaired) electrons. The summed E-state index contributed by atoms with van der Waals surface area (Å²) in [5.41, 5.74) is 0. The van der Waals surface area contributed by atoms with Crippen LogP contribution in [0.2, 0.25) is 4.34 Å². The molecule has 0 spiro atoms. The molecule has 2 aromatic rings. The maximum atomic E-state index is 11.6. The Morgan fingerprint density at radius 3 is 3.00 bits per heavy atom. The molecule has 0 aliphatic rings. The first-order valence-electron chi connectivity index (χ1n) is 5.15. The zero-order valence-corrected chi connectivity index (χ0v) is 12.8. The second-order valence-electron chi connectivity index (χ2n) is 3.50. The number of nitrogens with zero attached hydrogens (tertiary/aromatic N) is 2. The van der Waals surface area contributed by atoms with Gasteiger partial charge in [0.05, 0.1) is 10.1 Å². The van der Waals surface area contributed by atoms with E-state index in [4.69, 9.17) is 11.6 Å². The van der Waals surface area contributed by atoms with Gasteiger partial charge in [-0.3, -0.25) is 4.79 Å². The highest BCUT2D eigenvalue weighted by atomic mass is 35.5. The molecular weight excluding hydrogens is 308 g/mol. The highest BCUT2D eigenvalue weighted by Crippen LogP contribution is 2.25. The summed E-state index contributed by atoms with van der Waals surface area (Å²) < 4.78 is 2.62. The Morgan fingerprint density at radius 2 is 2.39 bits per heavy atom. The number of aryl methyl sites for hydroxylation is 1. The van der Waals surface area contributed by atoms with Crippen molar-refractivity contribution in [1.82, 2.24) is 4.57 Å². The summed E-state index contributed by atoms with van der Waals surface area (Å²) in [7, 11) is 1.88. The van der Waals surface area contributed by atoms with Gasteiger partial charge in [-0.25, -0.2) is 0 Å². The Hall–Kier alpha value is -0.560. The number of rotatable bonds is 4. The fraction of sp³-hybridized carbons (Fsp3) is 0.273. The van der Waals surface area contributed by atoms with Gasteiger partial charge in [0.15, 0.2) is 4.80 Å². The monoisotopic (exact) mass is 318 g/mol. The maximum absolute atomic E-state index is 11.6. The molecule has 0 saturated heterocycles. The van der Waals surface area contributed by atoms with E-state index in [0.717, 1.165) is 14.9 Å². The average molecular weight is 319 g/mol. The average Bonchev–Trinajstić information content (AvgIpc) is 2.89. The first kappa shape index (κ1) is 13.9. The molecule has 1 amide bonds. The first-order chi connectivity index (χ1) is 8.65. The normalized spacial score (nSPS) is 12.0. The minimum atomic E-state index is -0.0966. The molecule has 96 valence electrons. The van der Waals surface area contributed by atoms with Crippen molar-refractivity contribution >= 4 is 51.9 Å². The predicted molar refractivity (Wildman–Crippen MR) is 79.4 cm³/mol. The molecular formula is C11H11ClN2OS3. The van der Waals surface area contributed by atoms with Crippen molar-refractivity contribution in [3.63, 3.8) is 0 Å². The lowest BCUT2D eigenvalue weighted by molar-refractivity contribution is -0.115. The molecule has 0 aromatic carbocycles. The van der Waals surface area contributed by atoms with Crippen LogP contribution < -0.4 is 4.80 Å². The van der Waals surface area contributed by atoms with Crippen molar-refractivity contribution in [1.29, 1.82) is 0 Å². The number of carbonyl (C=O) groups excluding carboxylic acids is 1. The third-order valence-corrected chi connectivity index (χ3v) is 5.31. The largest absolute Gasteiger partial charge is 0.327 e. The zero-order valence-electron chi connectivity index (χ0n) is 9.63. The van der Waals surface area contributed by atoms with Crippen LogP contribution >= 0.6 is 46.0 Å². The summed E-state index contributed by atoms with van der Waals surface area (Å²) in [5.74, 6) is 1.10. The fourth-order valence-corrected chi connectivity index (χ4v) is 4.00. The van der Waals surface area contributed by atoms with Gasteiger partial charge in [-0.05, 0) is 12.1 Å². The van der Waals surface area contributed by atoms with Crippen LogP contribution in [0, 0.1) is 0 Å². The van der Waals surface area contributed by atoms with E-state index in [0.29, 0.717) is 5.75 Å². The lowest BCUT2D eigenvalue weighted by atomic mass is 10.5. The van der Waals surface area contributed by atoms with E-state index in [-0.39, 0.29) is 5.91 Å². The highest BCUT2D eigenvalue weighted by Gasteiger charge is 2.03. The van der Waals surface area contributed by atoms with Gasteiger partial charge in [0, 0.05) is 29.3 Å². The molecule has 0 bridgehead atoms. The van der Waals surface area contributed by atoms with Gasteiger partial charge in [-0.1, -0.05) is 11.6 Å². The van der Waals surface area contributed by atoms with E-state index in [1.54, 1.807) is 23.1 Å². The maximum Gasteiger partial charge on any atom is 0.258 e. The van der Waals surface area contributed by atoms with Crippen LogP contribution in [0.1, 0.15) is 4.88 Å². The standard InChI is InChI=1S/C11H11ClN2OS3/c1-14-4-5-17-11(14)13-10(15)7-16-6-8-2-3-9(12)18-8/h2-5H,6-7H2,1H3. The van der Waals surface area contributed by atoms with E-state index in [9.17, 15) is 4.79 Å². The van der Waals surface area contributed by atoms with Crippen LogP contribution in [0.3, 0.4) is 0 Å². The minimum Gasteiger partial charge on any atom is -0.327 e. The van der Waals surface area contributed by atoms with Gasteiger partial charge in [0.2, 0.25) is 0 Å². The molecule has 0 saturated carbocycles. The molecule has 0 N–H and O–H groups in total. The molecule has 2 rings (SSSR count). The molecule has 3 nitrogen and oxygen atoms in total. The number of halogens is 1. The number of carbonyl (C=O) groups is 1. The summed E-state index contributed by atoms with van der Waals surface area (Å²) in [4.78, 5) is 17.6. The van der Waals surface area contributed by atoms with Crippen molar-refractivity contribution in [3.05, 3.63) is 37.7 Å². The molecule has 0 fully saturated rings. The van der Waals surface area contributed by atoms with Crippen molar-refractivity contribution < 1.29 is 4.79 Å². The van der Waals surface area contributed by atoms with Crippen molar-refractivity contribution in [2.45, 2.75) is 5.75 Å². The first-order valence-corrected chi connectivity index (χ1v) is 8.37. The van der Waals surface area contributed by atoms with Gasteiger partial charge in [0.25, 0.3) is 5.91 Å². The summed E-state index contributed by atoms with van der Waals surface area (Å²) in [6.45, 7) is 0. The van der Waals surface area contributed by atoms with E-state index in [1.165, 1.54) is 16.2 Å². The quantitative estimate of drug-likeness (QED) is 0.868. The van der Waals surface area contributed by atoms with Crippen LogP contribution in [-0.2, 0) is 17.6 Å². The Bertz CT molecular complexity index is 599. The molecule has 0 unspecified atom stereocenters. The van der Waals surface area contributed by atoms with Crippen molar-refractivity contribution in [3.8, 4) is 0 Å². The number of hydrogen-bond donors (Lipinski definition) is 0. The van der Waals surface area contributed by atoms with E-state index < -0.39 is 0 Å². The number of hydrogen-bond acceptors (Lipinski definition) is 4. The zero-order chi connectivity index (χ0) is 13.0. The van der Waals surface area contributed by atoms with Crippen LogP contribution in [0.15, 0.2) is 28.7 Å². The number of thiazole rings is 1. The van der Waals surface area contributed by atoms with Crippen LogP contribution in [0.5, 0.6) is 0 Å². The minimum absolute atomic E-state index is 0.0966. The number of thiophene rings is 1. The molecule has 0 aliphatic heterocycles. The molecule has 2 aromatic heterocycles. The predicted octanol–water partition coefficient (Wildman–Crippen LogP) is 3.16. The summed E-state index contributed by atoms with van der Waals surface area (Å²) in [6.07, 6.45) is 1.89. The van der Waals surface area contributed by atoms with Gasteiger partial charge in [-0.2, -0.15) is 4.99 Å². The number of amides is 1. The van der Waals surface area contributed by atoms with Crippen LogP contribution in [0.4, 0.5) is 0 Å². The number of thioether (sulfide) groups is 1. The summed E-state index contributed by atoms with van der Waals surface area (Å²) in [6, 6.07) is 3.86. The Labute approximate surface area is 122 Å². The lowest BCUT2D eigenvalue weighted by Gasteiger charge is -1.95. The Morgan fingerprint density at radius 1 is 1.56 bits per heavy atom. The third-order valence-electron chi connectivity index (χ3n) is 2.08. The highest BCUT2D eigenvalue weighted by molar-refractivity contribution is 7.99. The van der Waals surface area contributed by atoms with Crippen molar-refractivity contribution in [2.75, 3.05) is 5.75 Å². The molecule has 18 heavy (non-hydrogen) atoms. The molecule has 0 aliphatic carbocycles. The second kappa shape index (κ2) is 6.56. The smallest absolute Gasteiger partial charge is 0.258 e. The Balaban J connectivity index is 1.84. The van der Waals surface area contributed by atoms with Crippen LogP contribution in [0.25, 0.3) is 0 Å². The molecule has 0 atom stereocenters. The third kappa shape index (κ3) is 3.98. The fourth-order valence-electron chi connectivity index (χ4n) is 1.24.